The number of benzene rings is 1. The molecule has 1 aromatic carbocycles. The van der Waals surface area contributed by atoms with E-state index in [2.05, 4.69) is 30.9 Å². The van der Waals surface area contributed by atoms with E-state index in [0.717, 1.165) is 11.0 Å². The van der Waals surface area contributed by atoms with Crippen LogP contribution < -0.4 is 5.32 Å². The third-order valence-corrected chi connectivity index (χ3v) is 3.92. The standard InChI is InChI=1S/C17H16N8O/c1-11(2)25-16-12(8-20-25)7-13(9-18-16)21-17(26)14-5-3-4-6-15(14)24-10-19-22-23-24/h3-11H,1-2H3,(H,21,26). The Balaban J connectivity index is 1.64. The third kappa shape index (κ3) is 2.79. The van der Waals surface area contributed by atoms with E-state index in [1.807, 2.05) is 30.7 Å². The predicted octanol–water partition coefficient (Wildman–Crippen LogP) is 2.24. The summed E-state index contributed by atoms with van der Waals surface area (Å²) in [5.74, 6) is -0.270. The zero-order valence-electron chi connectivity index (χ0n) is 14.2. The van der Waals surface area contributed by atoms with Crippen LogP contribution in [0, 0.1) is 0 Å². The Labute approximate surface area is 148 Å². The topological polar surface area (TPSA) is 103 Å². The van der Waals surface area contributed by atoms with Gasteiger partial charge in [-0.05, 0) is 42.5 Å². The Morgan fingerprint density at radius 3 is 2.81 bits per heavy atom. The number of hydrogen-bond acceptors (Lipinski definition) is 6. The van der Waals surface area contributed by atoms with Gasteiger partial charge in [0.15, 0.2) is 5.65 Å². The fourth-order valence-electron chi connectivity index (χ4n) is 2.72. The summed E-state index contributed by atoms with van der Waals surface area (Å²) in [6.07, 6.45) is 4.81. The summed E-state index contributed by atoms with van der Waals surface area (Å²) in [6.45, 7) is 4.08. The Morgan fingerprint density at radius 2 is 2.04 bits per heavy atom. The van der Waals surface area contributed by atoms with E-state index in [4.69, 9.17) is 0 Å². The van der Waals surface area contributed by atoms with Crippen molar-refractivity contribution < 1.29 is 4.79 Å². The number of nitrogens with one attached hydrogen (secondary N) is 1. The van der Waals surface area contributed by atoms with Gasteiger partial charge in [0.05, 0.1) is 29.3 Å². The number of para-hydroxylation sites is 1. The minimum Gasteiger partial charge on any atom is -0.320 e. The fourth-order valence-corrected chi connectivity index (χ4v) is 2.72. The molecule has 0 unspecified atom stereocenters. The van der Waals surface area contributed by atoms with Crippen molar-refractivity contribution in [3.05, 3.63) is 54.6 Å². The van der Waals surface area contributed by atoms with Gasteiger partial charge >= 0.3 is 0 Å². The summed E-state index contributed by atoms with van der Waals surface area (Å²) in [5.41, 5.74) is 2.43. The van der Waals surface area contributed by atoms with Crippen LogP contribution in [-0.4, -0.2) is 40.9 Å². The lowest BCUT2D eigenvalue weighted by atomic mass is 10.1. The van der Waals surface area contributed by atoms with E-state index in [1.165, 1.54) is 11.0 Å². The van der Waals surface area contributed by atoms with Gasteiger partial charge in [0.25, 0.3) is 5.91 Å². The molecule has 0 fully saturated rings. The van der Waals surface area contributed by atoms with Crippen LogP contribution in [0.5, 0.6) is 0 Å². The zero-order chi connectivity index (χ0) is 18.1. The summed E-state index contributed by atoms with van der Waals surface area (Å²) in [5, 5.41) is 19.2. The van der Waals surface area contributed by atoms with Gasteiger partial charge in [-0.25, -0.2) is 9.67 Å². The molecular weight excluding hydrogens is 332 g/mol. The molecule has 0 bridgehead atoms. The molecule has 0 saturated carbocycles. The number of rotatable bonds is 4. The lowest BCUT2D eigenvalue weighted by Crippen LogP contribution is -2.15. The normalized spacial score (nSPS) is 11.2. The van der Waals surface area contributed by atoms with Crippen molar-refractivity contribution in [1.82, 2.24) is 35.0 Å². The summed E-state index contributed by atoms with van der Waals surface area (Å²) in [7, 11) is 0. The first kappa shape index (κ1) is 15.9. The highest BCUT2D eigenvalue weighted by atomic mass is 16.1. The number of carbonyl (C=O) groups is 1. The van der Waals surface area contributed by atoms with E-state index in [0.29, 0.717) is 16.9 Å². The third-order valence-electron chi connectivity index (χ3n) is 3.92. The average molecular weight is 348 g/mol. The second kappa shape index (κ2) is 6.36. The predicted molar refractivity (Wildman–Crippen MR) is 95.0 cm³/mol. The molecule has 1 amide bonds. The first-order chi connectivity index (χ1) is 12.6. The van der Waals surface area contributed by atoms with Crippen molar-refractivity contribution in [3.63, 3.8) is 0 Å². The fraction of sp³-hybridized carbons (Fsp3) is 0.176. The van der Waals surface area contributed by atoms with Crippen LogP contribution >= 0.6 is 0 Å². The van der Waals surface area contributed by atoms with Gasteiger partial charge in [0, 0.05) is 11.4 Å². The van der Waals surface area contributed by atoms with Crippen LogP contribution in [-0.2, 0) is 0 Å². The highest BCUT2D eigenvalue weighted by Crippen LogP contribution is 2.20. The molecule has 3 heterocycles. The zero-order valence-corrected chi connectivity index (χ0v) is 14.2. The number of tetrazole rings is 1. The van der Waals surface area contributed by atoms with Crippen LogP contribution in [0.4, 0.5) is 5.69 Å². The lowest BCUT2D eigenvalue weighted by Gasteiger charge is -2.10. The van der Waals surface area contributed by atoms with E-state index in [9.17, 15) is 4.79 Å². The second-order valence-electron chi connectivity index (χ2n) is 6.05. The number of aromatic nitrogens is 7. The number of hydrogen-bond donors (Lipinski definition) is 1. The van der Waals surface area contributed by atoms with Crippen molar-refractivity contribution in [2.24, 2.45) is 0 Å². The van der Waals surface area contributed by atoms with Gasteiger partial charge in [0.1, 0.15) is 6.33 Å². The van der Waals surface area contributed by atoms with Crippen molar-refractivity contribution >= 4 is 22.6 Å². The van der Waals surface area contributed by atoms with Crippen molar-refractivity contribution in [3.8, 4) is 5.69 Å². The van der Waals surface area contributed by atoms with Crippen LogP contribution in [0.3, 0.4) is 0 Å². The molecule has 26 heavy (non-hydrogen) atoms. The molecule has 0 saturated heterocycles. The van der Waals surface area contributed by atoms with Crippen LogP contribution in [0.2, 0.25) is 0 Å². The molecule has 0 aliphatic rings. The first-order valence-corrected chi connectivity index (χ1v) is 8.10. The minimum absolute atomic E-state index is 0.212. The second-order valence-corrected chi connectivity index (χ2v) is 6.05. The lowest BCUT2D eigenvalue weighted by molar-refractivity contribution is 0.102. The van der Waals surface area contributed by atoms with E-state index >= 15 is 0 Å². The highest BCUT2D eigenvalue weighted by molar-refractivity contribution is 6.07. The summed E-state index contributed by atoms with van der Waals surface area (Å²) in [6, 6.07) is 9.17. The largest absolute Gasteiger partial charge is 0.320 e. The maximum atomic E-state index is 12.7. The Bertz CT molecular complexity index is 1070. The molecule has 0 atom stereocenters. The molecule has 0 aliphatic carbocycles. The molecular formula is C17H16N8O. The summed E-state index contributed by atoms with van der Waals surface area (Å²) >= 11 is 0. The SMILES string of the molecule is CC(C)n1ncc2cc(NC(=O)c3ccccc3-n3cnnn3)cnc21. The van der Waals surface area contributed by atoms with Gasteiger partial charge < -0.3 is 5.32 Å². The molecule has 0 radical (unpaired) electrons. The molecule has 130 valence electrons. The van der Waals surface area contributed by atoms with Gasteiger partial charge in [-0.1, -0.05) is 12.1 Å². The number of anilines is 1. The maximum absolute atomic E-state index is 12.7. The molecule has 9 nitrogen and oxygen atoms in total. The maximum Gasteiger partial charge on any atom is 0.257 e. The highest BCUT2D eigenvalue weighted by Gasteiger charge is 2.15. The van der Waals surface area contributed by atoms with Crippen LogP contribution in [0.15, 0.2) is 49.1 Å². The minimum atomic E-state index is -0.270. The smallest absolute Gasteiger partial charge is 0.257 e. The quantitative estimate of drug-likeness (QED) is 0.606. The molecule has 3 aromatic heterocycles. The summed E-state index contributed by atoms with van der Waals surface area (Å²) < 4.78 is 3.29. The molecule has 1 N–H and O–H groups in total. The van der Waals surface area contributed by atoms with Crippen molar-refractivity contribution in [2.45, 2.75) is 19.9 Å². The molecule has 0 spiro atoms. The number of fused-ring (bicyclic) bond motifs is 1. The Hall–Kier alpha value is -3.62. The van der Waals surface area contributed by atoms with Crippen LogP contribution in [0.1, 0.15) is 30.2 Å². The molecule has 9 heteroatoms. The van der Waals surface area contributed by atoms with Crippen molar-refractivity contribution in [2.75, 3.05) is 5.32 Å². The molecule has 4 rings (SSSR count). The van der Waals surface area contributed by atoms with E-state index < -0.39 is 0 Å². The van der Waals surface area contributed by atoms with Gasteiger partial charge in [-0.2, -0.15) is 9.78 Å². The number of amides is 1. The number of nitrogens with zero attached hydrogens (tertiary/aromatic N) is 7. The first-order valence-electron chi connectivity index (χ1n) is 8.10. The monoisotopic (exact) mass is 348 g/mol. The van der Waals surface area contributed by atoms with Gasteiger partial charge in [0.2, 0.25) is 0 Å². The Morgan fingerprint density at radius 1 is 1.19 bits per heavy atom. The number of pyridine rings is 1. The van der Waals surface area contributed by atoms with E-state index in [-0.39, 0.29) is 11.9 Å². The average Bonchev–Trinajstić information content (AvgIpc) is 3.31. The molecule has 4 aromatic rings. The van der Waals surface area contributed by atoms with Crippen LogP contribution in [0.25, 0.3) is 16.7 Å². The van der Waals surface area contributed by atoms with Gasteiger partial charge in [-0.15, -0.1) is 5.10 Å². The van der Waals surface area contributed by atoms with E-state index in [1.54, 1.807) is 30.6 Å². The summed E-state index contributed by atoms with van der Waals surface area (Å²) in [4.78, 5) is 17.2. The van der Waals surface area contributed by atoms with Gasteiger partial charge in [-0.3, -0.25) is 4.79 Å². The Kier molecular flexibility index (Phi) is 3.88. The molecule has 0 aliphatic heterocycles. The van der Waals surface area contributed by atoms with Crippen molar-refractivity contribution in [1.29, 1.82) is 0 Å². The number of carbonyl (C=O) groups excluding carboxylic acids is 1.